The summed E-state index contributed by atoms with van der Waals surface area (Å²) in [5.41, 5.74) is 1.24. The highest BCUT2D eigenvalue weighted by Crippen LogP contribution is 2.25. The summed E-state index contributed by atoms with van der Waals surface area (Å²) < 4.78 is 32.6. The second-order valence-electron chi connectivity index (χ2n) is 7.60. The molecule has 2 aromatic rings. The summed E-state index contributed by atoms with van der Waals surface area (Å²) in [6, 6.07) is 12.1. The van der Waals surface area contributed by atoms with Gasteiger partial charge in [0.1, 0.15) is 5.75 Å². The van der Waals surface area contributed by atoms with Gasteiger partial charge in [-0.25, -0.2) is 8.42 Å². The quantitative estimate of drug-likeness (QED) is 0.532. The van der Waals surface area contributed by atoms with Gasteiger partial charge in [-0.15, -0.1) is 0 Å². The zero-order chi connectivity index (χ0) is 22.3. The molecule has 1 amide bonds. The van der Waals surface area contributed by atoms with E-state index in [1.807, 2.05) is 24.3 Å². The van der Waals surface area contributed by atoms with E-state index in [4.69, 9.17) is 16.3 Å². The van der Waals surface area contributed by atoms with E-state index in [0.717, 1.165) is 37.0 Å². The van der Waals surface area contributed by atoms with Gasteiger partial charge in [-0.05, 0) is 61.6 Å². The molecule has 1 N–H and O–H groups in total. The lowest BCUT2D eigenvalue weighted by Crippen LogP contribution is -2.29. The molecule has 1 fully saturated rings. The van der Waals surface area contributed by atoms with Crippen molar-refractivity contribution in [3.05, 3.63) is 58.6 Å². The Balaban J connectivity index is 1.58. The number of hydrogen-bond donors (Lipinski definition) is 1. The summed E-state index contributed by atoms with van der Waals surface area (Å²) in [7, 11) is -3.60. The van der Waals surface area contributed by atoms with E-state index in [1.54, 1.807) is 0 Å². The smallest absolute Gasteiger partial charge is 0.252 e. The van der Waals surface area contributed by atoms with Gasteiger partial charge in [0.15, 0.2) is 0 Å². The average Bonchev–Trinajstić information content (AvgIpc) is 3.31. The summed E-state index contributed by atoms with van der Waals surface area (Å²) >= 11 is 6.18. The van der Waals surface area contributed by atoms with Crippen LogP contribution in [-0.2, 0) is 16.4 Å². The van der Waals surface area contributed by atoms with Crippen LogP contribution in [0.4, 0.5) is 0 Å². The van der Waals surface area contributed by atoms with Crippen molar-refractivity contribution in [2.75, 3.05) is 26.2 Å². The molecule has 6 nitrogen and oxygen atoms in total. The summed E-state index contributed by atoms with van der Waals surface area (Å²) in [5.74, 6) is 0.451. The third-order valence-electron chi connectivity index (χ3n) is 5.27. The molecule has 0 saturated carbocycles. The fraction of sp³-hybridized carbons (Fsp3) is 0.435. The van der Waals surface area contributed by atoms with Gasteiger partial charge in [-0.3, -0.25) is 4.79 Å². The van der Waals surface area contributed by atoms with Crippen LogP contribution in [0, 0.1) is 0 Å². The number of halogens is 1. The molecular formula is C23H29ClN2O4S. The average molecular weight is 465 g/mol. The summed E-state index contributed by atoms with van der Waals surface area (Å²) in [6.07, 6.45) is 4.47. The van der Waals surface area contributed by atoms with Gasteiger partial charge in [-0.1, -0.05) is 37.1 Å². The molecule has 2 aromatic carbocycles. The Kier molecular flexibility index (Phi) is 8.35. The number of amides is 1. The Morgan fingerprint density at radius 1 is 1.13 bits per heavy atom. The Bertz CT molecular complexity index is 987. The Hall–Kier alpha value is -2.09. The molecule has 31 heavy (non-hydrogen) atoms. The minimum Gasteiger partial charge on any atom is -0.494 e. The number of ether oxygens (including phenoxy) is 1. The Morgan fingerprint density at radius 2 is 1.84 bits per heavy atom. The second kappa shape index (κ2) is 11.0. The Morgan fingerprint density at radius 3 is 2.52 bits per heavy atom. The number of benzene rings is 2. The molecular weight excluding hydrogens is 436 g/mol. The number of rotatable bonds is 10. The second-order valence-corrected chi connectivity index (χ2v) is 9.95. The molecule has 0 atom stereocenters. The molecule has 8 heteroatoms. The number of carbonyl (C=O) groups is 1. The molecule has 1 saturated heterocycles. The van der Waals surface area contributed by atoms with E-state index < -0.39 is 10.0 Å². The highest BCUT2D eigenvalue weighted by atomic mass is 35.5. The van der Waals surface area contributed by atoms with Gasteiger partial charge in [-0.2, -0.15) is 4.31 Å². The Labute approximate surface area is 189 Å². The number of nitrogens with one attached hydrogen (secondary N) is 1. The van der Waals surface area contributed by atoms with Crippen molar-refractivity contribution >= 4 is 27.5 Å². The normalized spacial score (nSPS) is 14.5. The topological polar surface area (TPSA) is 75.7 Å². The molecule has 1 aliphatic rings. The standard InChI is InChI=1S/C23H29ClN2O4S/c1-2-3-16-30-19-8-6-18(7-9-19)12-13-25-23(27)21-17-20(10-11-22(21)24)31(28,29)26-14-4-5-15-26/h6-11,17H,2-5,12-16H2,1H3,(H,25,27). The summed E-state index contributed by atoms with van der Waals surface area (Å²) in [6.45, 7) is 4.26. The molecule has 0 radical (unpaired) electrons. The molecule has 3 rings (SSSR count). The number of sulfonamides is 1. The van der Waals surface area contributed by atoms with Crippen molar-refractivity contribution in [2.24, 2.45) is 0 Å². The first-order chi connectivity index (χ1) is 14.9. The third-order valence-corrected chi connectivity index (χ3v) is 7.50. The number of carbonyl (C=O) groups excluding carboxylic acids is 1. The monoisotopic (exact) mass is 464 g/mol. The SMILES string of the molecule is CCCCOc1ccc(CCNC(=O)c2cc(S(=O)(=O)N3CCCC3)ccc2Cl)cc1. The van der Waals surface area contributed by atoms with Gasteiger partial charge in [0.25, 0.3) is 5.91 Å². The third kappa shape index (κ3) is 6.21. The highest BCUT2D eigenvalue weighted by Gasteiger charge is 2.28. The maximum absolute atomic E-state index is 12.8. The van der Waals surface area contributed by atoms with Crippen LogP contribution in [0.2, 0.25) is 5.02 Å². The van der Waals surface area contributed by atoms with Crippen LogP contribution in [0.5, 0.6) is 5.75 Å². The molecule has 0 spiro atoms. The maximum atomic E-state index is 12.8. The largest absolute Gasteiger partial charge is 0.494 e. The zero-order valence-electron chi connectivity index (χ0n) is 17.8. The molecule has 1 aliphatic heterocycles. The van der Waals surface area contributed by atoms with E-state index in [-0.39, 0.29) is 21.4 Å². The zero-order valence-corrected chi connectivity index (χ0v) is 19.3. The number of unbranched alkanes of at least 4 members (excludes halogenated alkanes) is 1. The van der Waals surface area contributed by atoms with Gasteiger partial charge in [0.2, 0.25) is 10.0 Å². The van der Waals surface area contributed by atoms with Crippen LogP contribution in [0.1, 0.15) is 48.5 Å². The lowest BCUT2D eigenvalue weighted by Gasteiger charge is -2.16. The fourth-order valence-electron chi connectivity index (χ4n) is 3.42. The minimum atomic E-state index is -3.60. The first-order valence-corrected chi connectivity index (χ1v) is 12.5. The number of hydrogen-bond acceptors (Lipinski definition) is 4. The van der Waals surface area contributed by atoms with Crippen LogP contribution in [-0.4, -0.2) is 44.9 Å². The molecule has 1 heterocycles. The van der Waals surface area contributed by atoms with Gasteiger partial charge >= 0.3 is 0 Å². The van der Waals surface area contributed by atoms with E-state index >= 15 is 0 Å². The van der Waals surface area contributed by atoms with Crippen molar-refractivity contribution in [1.82, 2.24) is 9.62 Å². The van der Waals surface area contributed by atoms with E-state index in [2.05, 4.69) is 12.2 Å². The summed E-state index contributed by atoms with van der Waals surface area (Å²) in [4.78, 5) is 12.7. The minimum absolute atomic E-state index is 0.0996. The maximum Gasteiger partial charge on any atom is 0.252 e. The van der Waals surface area contributed by atoms with E-state index in [1.165, 1.54) is 22.5 Å². The van der Waals surface area contributed by atoms with E-state index in [0.29, 0.717) is 32.7 Å². The number of nitrogens with zero attached hydrogens (tertiary/aromatic N) is 1. The van der Waals surface area contributed by atoms with Crippen molar-refractivity contribution in [3.8, 4) is 5.75 Å². The van der Waals surface area contributed by atoms with Crippen LogP contribution in [0.25, 0.3) is 0 Å². The predicted octanol–water partition coefficient (Wildman–Crippen LogP) is 4.28. The predicted molar refractivity (Wildman–Crippen MR) is 122 cm³/mol. The van der Waals surface area contributed by atoms with E-state index in [9.17, 15) is 13.2 Å². The van der Waals surface area contributed by atoms with Crippen molar-refractivity contribution in [2.45, 2.75) is 43.9 Å². The highest BCUT2D eigenvalue weighted by molar-refractivity contribution is 7.89. The van der Waals surface area contributed by atoms with Crippen LogP contribution in [0.3, 0.4) is 0 Å². The molecule has 0 aliphatic carbocycles. The van der Waals surface area contributed by atoms with Crippen LogP contribution >= 0.6 is 11.6 Å². The van der Waals surface area contributed by atoms with Crippen molar-refractivity contribution < 1.29 is 17.9 Å². The first kappa shape index (κ1) is 23.6. The summed E-state index contributed by atoms with van der Waals surface area (Å²) in [5, 5.41) is 3.06. The van der Waals surface area contributed by atoms with Gasteiger partial charge < -0.3 is 10.1 Å². The molecule has 0 bridgehead atoms. The van der Waals surface area contributed by atoms with Gasteiger partial charge in [0, 0.05) is 19.6 Å². The lowest BCUT2D eigenvalue weighted by atomic mass is 10.1. The molecule has 168 valence electrons. The van der Waals surface area contributed by atoms with Crippen molar-refractivity contribution in [3.63, 3.8) is 0 Å². The van der Waals surface area contributed by atoms with Gasteiger partial charge in [0.05, 0.1) is 22.1 Å². The van der Waals surface area contributed by atoms with Crippen LogP contribution < -0.4 is 10.1 Å². The molecule has 0 aromatic heterocycles. The lowest BCUT2D eigenvalue weighted by molar-refractivity contribution is 0.0954. The van der Waals surface area contributed by atoms with Crippen LogP contribution in [0.15, 0.2) is 47.4 Å². The fourth-order valence-corrected chi connectivity index (χ4v) is 5.17. The van der Waals surface area contributed by atoms with Crippen molar-refractivity contribution in [1.29, 1.82) is 0 Å². The first-order valence-electron chi connectivity index (χ1n) is 10.7. The molecule has 0 unspecified atom stereocenters.